The number of hydrogen-bond donors (Lipinski definition) is 1. The van der Waals surface area contributed by atoms with Crippen LogP contribution in [-0.2, 0) is 15.3 Å². The molecule has 25 heavy (non-hydrogen) atoms. The highest BCUT2D eigenvalue weighted by atomic mass is 32.2. The standard InChI is InChI=1S/C17H23N3O2S3/c1-12(2)14-6-4-13(5-7-14)10-23-16-19-20-17(25-16)24-11-15(21)18-8-9-22-3/h4-7,12H,8-11H2,1-3H3,(H,18,21). The van der Waals surface area contributed by atoms with Crippen molar-refractivity contribution in [1.29, 1.82) is 0 Å². The van der Waals surface area contributed by atoms with Gasteiger partial charge in [-0.25, -0.2) is 0 Å². The normalized spacial score (nSPS) is 11.0. The highest BCUT2D eigenvalue weighted by Gasteiger charge is 2.09. The van der Waals surface area contributed by atoms with Crippen molar-refractivity contribution in [3.63, 3.8) is 0 Å². The lowest BCUT2D eigenvalue weighted by atomic mass is 10.0. The van der Waals surface area contributed by atoms with Crippen molar-refractivity contribution in [2.75, 3.05) is 26.0 Å². The summed E-state index contributed by atoms with van der Waals surface area (Å²) in [7, 11) is 1.61. The average molecular weight is 398 g/mol. The van der Waals surface area contributed by atoms with E-state index >= 15 is 0 Å². The SMILES string of the molecule is COCCNC(=O)CSc1nnc(SCc2ccc(C(C)C)cc2)s1. The second kappa shape index (κ2) is 10.8. The van der Waals surface area contributed by atoms with Crippen molar-refractivity contribution in [3.05, 3.63) is 35.4 Å². The van der Waals surface area contributed by atoms with Gasteiger partial charge in [0.05, 0.1) is 12.4 Å². The van der Waals surface area contributed by atoms with E-state index in [4.69, 9.17) is 4.74 Å². The molecule has 0 saturated heterocycles. The Hall–Kier alpha value is -1.09. The Kier molecular flexibility index (Phi) is 8.74. The Bertz CT molecular complexity index is 659. The molecular formula is C17H23N3O2S3. The lowest BCUT2D eigenvalue weighted by Gasteiger charge is -2.06. The van der Waals surface area contributed by atoms with Crippen LogP contribution in [0.3, 0.4) is 0 Å². The zero-order valence-corrected chi connectivity index (χ0v) is 17.1. The smallest absolute Gasteiger partial charge is 0.230 e. The number of aromatic nitrogens is 2. The minimum atomic E-state index is -0.0169. The van der Waals surface area contributed by atoms with Crippen LogP contribution in [0.5, 0.6) is 0 Å². The molecule has 1 heterocycles. The van der Waals surface area contributed by atoms with Gasteiger partial charge >= 0.3 is 0 Å². The molecule has 2 aromatic rings. The summed E-state index contributed by atoms with van der Waals surface area (Å²) in [5.74, 6) is 1.75. The second-order valence-corrected chi connectivity index (χ2v) is 9.07. The maximum Gasteiger partial charge on any atom is 0.230 e. The third kappa shape index (κ3) is 7.35. The van der Waals surface area contributed by atoms with Crippen LogP contribution in [0.25, 0.3) is 0 Å². The maximum absolute atomic E-state index is 11.6. The van der Waals surface area contributed by atoms with Gasteiger partial charge in [0.1, 0.15) is 0 Å². The van der Waals surface area contributed by atoms with E-state index in [0.717, 1.165) is 14.4 Å². The zero-order chi connectivity index (χ0) is 18.1. The number of ether oxygens (including phenoxy) is 1. The first-order valence-electron chi connectivity index (χ1n) is 8.02. The number of carbonyl (C=O) groups excluding carboxylic acids is 1. The third-order valence-corrected chi connectivity index (χ3v) is 6.61. The molecule has 1 aromatic carbocycles. The summed E-state index contributed by atoms with van der Waals surface area (Å²) >= 11 is 4.62. The van der Waals surface area contributed by atoms with Crippen LogP contribution in [0.1, 0.15) is 30.9 Å². The molecule has 0 spiro atoms. The van der Waals surface area contributed by atoms with Gasteiger partial charge in [-0.3, -0.25) is 4.79 Å². The lowest BCUT2D eigenvalue weighted by Crippen LogP contribution is -2.28. The molecule has 0 radical (unpaired) electrons. The van der Waals surface area contributed by atoms with Gasteiger partial charge in [-0.2, -0.15) is 0 Å². The number of methoxy groups -OCH3 is 1. The van der Waals surface area contributed by atoms with Crippen LogP contribution in [0.15, 0.2) is 32.9 Å². The summed E-state index contributed by atoms with van der Waals surface area (Å²) in [6.45, 7) is 5.45. The lowest BCUT2D eigenvalue weighted by molar-refractivity contribution is -0.118. The number of nitrogens with zero attached hydrogens (tertiary/aromatic N) is 2. The fourth-order valence-corrected chi connectivity index (χ4v) is 4.73. The second-order valence-electron chi connectivity index (χ2n) is 5.65. The number of amides is 1. The number of hydrogen-bond acceptors (Lipinski definition) is 7. The summed E-state index contributed by atoms with van der Waals surface area (Å²) in [5.41, 5.74) is 2.63. The third-order valence-electron chi connectivity index (χ3n) is 3.35. The quantitative estimate of drug-likeness (QED) is 0.486. The van der Waals surface area contributed by atoms with Crippen molar-refractivity contribution in [3.8, 4) is 0 Å². The van der Waals surface area contributed by atoms with Crippen LogP contribution in [0, 0.1) is 0 Å². The Balaban J connectivity index is 1.74. The minimum Gasteiger partial charge on any atom is -0.383 e. The van der Waals surface area contributed by atoms with Crippen molar-refractivity contribution in [2.45, 2.75) is 34.2 Å². The molecule has 136 valence electrons. The Morgan fingerprint density at radius 2 is 1.88 bits per heavy atom. The molecule has 5 nitrogen and oxygen atoms in total. The number of benzene rings is 1. The minimum absolute atomic E-state index is 0.0169. The van der Waals surface area contributed by atoms with E-state index in [1.807, 2.05) is 0 Å². The molecule has 0 aliphatic rings. The molecule has 1 aromatic heterocycles. The molecule has 0 aliphatic heterocycles. The van der Waals surface area contributed by atoms with Gasteiger partial charge in [0, 0.05) is 19.4 Å². The topological polar surface area (TPSA) is 64.1 Å². The van der Waals surface area contributed by atoms with E-state index in [0.29, 0.717) is 24.8 Å². The van der Waals surface area contributed by atoms with Gasteiger partial charge in [-0.05, 0) is 17.0 Å². The van der Waals surface area contributed by atoms with Crippen molar-refractivity contribution >= 4 is 40.8 Å². The molecule has 8 heteroatoms. The van der Waals surface area contributed by atoms with Crippen LogP contribution >= 0.6 is 34.9 Å². The first kappa shape index (κ1) is 20.2. The van der Waals surface area contributed by atoms with Crippen molar-refractivity contribution in [2.24, 2.45) is 0 Å². The number of carbonyl (C=O) groups is 1. The highest BCUT2D eigenvalue weighted by molar-refractivity contribution is 8.03. The molecule has 1 amide bonds. The summed E-state index contributed by atoms with van der Waals surface area (Å²) in [6.07, 6.45) is 0. The van der Waals surface area contributed by atoms with Gasteiger partial charge in [0.15, 0.2) is 8.68 Å². The number of rotatable bonds is 10. The van der Waals surface area contributed by atoms with Crippen LogP contribution in [-0.4, -0.2) is 42.1 Å². The molecule has 0 unspecified atom stereocenters. The van der Waals surface area contributed by atoms with Crippen LogP contribution in [0.2, 0.25) is 0 Å². The van der Waals surface area contributed by atoms with Gasteiger partial charge in [-0.15, -0.1) is 10.2 Å². The molecule has 1 N–H and O–H groups in total. The summed E-state index contributed by atoms with van der Waals surface area (Å²) in [4.78, 5) is 11.6. The summed E-state index contributed by atoms with van der Waals surface area (Å²) in [6, 6.07) is 8.71. The average Bonchev–Trinajstić information content (AvgIpc) is 3.07. The molecule has 0 aliphatic carbocycles. The van der Waals surface area contributed by atoms with E-state index in [9.17, 15) is 4.79 Å². The molecule has 0 bridgehead atoms. The molecule has 2 rings (SSSR count). The van der Waals surface area contributed by atoms with E-state index in [1.54, 1.807) is 18.9 Å². The van der Waals surface area contributed by atoms with E-state index in [-0.39, 0.29) is 5.91 Å². The monoisotopic (exact) mass is 397 g/mol. The fourth-order valence-electron chi connectivity index (χ4n) is 1.93. The Labute approximate surface area is 161 Å². The van der Waals surface area contributed by atoms with Gasteiger partial charge in [0.2, 0.25) is 5.91 Å². The predicted octanol–water partition coefficient (Wildman–Crippen LogP) is 3.81. The van der Waals surface area contributed by atoms with Gasteiger partial charge in [-0.1, -0.05) is 73.0 Å². The summed E-state index contributed by atoms with van der Waals surface area (Å²) < 4.78 is 6.64. The molecule has 0 atom stereocenters. The predicted molar refractivity (Wildman–Crippen MR) is 106 cm³/mol. The van der Waals surface area contributed by atoms with Gasteiger partial charge < -0.3 is 10.1 Å². The van der Waals surface area contributed by atoms with E-state index < -0.39 is 0 Å². The van der Waals surface area contributed by atoms with Crippen molar-refractivity contribution < 1.29 is 9.53 Å². The van der Waals surface area contributed by atoms with Crippen LogP contribution in [0.4, 0.5) is 0 Å². The van der Waals surface area contributed by atoms with Crippen molar-refractivity contribution in [1.82, 2.24) is 15.5 Å². The summed E-state index contributed by atoms with van der Waals surface area (Å²) in [5, 5.41) is 11.1. The first-order valence-corrected chi connectivity index (χ1v) is 10.8. The fraction of sp³-hybridized carbons (Fsp3) is 0.471. The Morgan fingerprint density at radius 1 is 1.20 bits per heavy atom. The van der Waals surface area contributed by atoms with Gasteiger partial charge in [0.25, 0.3) is 0 Å². The number of thioether (sulfide) groups is 2. The molecule has 0 fully saturated rings. The van der Waals surface area contributed by atoms with Crippen LogP contribution < -0.4 is 5.32 Å². The molecule has 0 saturated carbocycles. The first-order chi connectivity index (χ1) is 12.1. The Morgan fingerprint density at radius 3 is 2.52 bits per heavy atom. The van der Waals surface area contributed by atoms with E-state index in [1.165, 1.54) is 34.2 Å². The number of nitrogens with one attached hydrogen (secondary N) is 1. The largest absolute Gasteiger partial charge is 0.383 e. The maximum atomic E-state index is 11.6. The van der Waals surface area contributed by atoms with E-state index in [2.05, 4.69) is 53.6 Å². The highest BCUT2D eigenvalue weighted by Crippen LogP contribution is 2.30. The zero-order valence-electron chi connectivity index (χ0n) is 14.7. The molecular weight excluding hydrogens is 374 g/mol.